The number of rotatable bonds is 3. The number of fused-ring (bicyclic) bond motifs is 1. The zero-order valence-electron chi connectivity index (χ0n) is 13.7. The SMILES string of the molecule is COc1ccc(Cl)c2sc(N3CCN(c4ccc(F)cc4)CC3)nc12. The Hall–Kier alpha value is -2.05. The van der Waals surface area contributed by atoms with Crippen LogP contribution in [0.1, 0.15) is 0 Å². The van der Waals surface area contributed by atoms with Crippen LogP contribution in [0.15, 0.2) is 36.4 Å². The predicted octanol–water partition coefficient (Wildman–Crippen LogP) is 4.42. The molecule has 3 aromatic rings. The molecular weight excluding hydrogens is 361 g/mol. The molecule has 0 N–H and O–H groups in total. The van der Waals surface area contributed by atoms with Crippen LogP contribution in [0.3, 0.4) is 0 Å². The van der Waals surface area contributed by atoms with E-state index >= 15 is 0 Å². The lowest BCUT2D eigenvalue weighted by Crippen LogP contribution is -2.46. The molecule has 7 heteroatoms. The molecule has 0 atom stereocenters. The molecule has 1 aliphatic rings. The maximum atomic E-state index is 13.1. The lowest BCUT2D eigenvalue weighted by molar-refractivity contribution is 0.419. The Morgan fingerprint density at radius 1 is 1.04 bits per heavy atom. The van der Waals surface area contributed by atoms with Crippen molar-refractivity contribution in [2.45, 2.75) is 0 Å². The molecule has 25 heavy (non-hydrogen) atoms. The van der Waals surface area contributed by atoms with E-state index in [2.05, 4.69) is 9.80 Å². The number of ether oxygens (including phenoxy) is 1. The molecule has 1 aliphatic heterocycles. The molecule has 0 spiro atoms. The van der Waals surface area contributed by atoms with Crippen molar-refractivity contribution in [2.75, 3.05) is 43.1 Å². The van der Waals surface area contributed by atoms with E-state index in [9.17, 15) is 4.39 Å². The van der Waals surface area contributed by atoms with Gasteiger partial charge >= 0.3 is 0 Å². The first kappa shape index (κ1) is 16.4. The summed E-state index contributed by atoms with van der Waals surface area (Å²) < 4.78 is 19.4. The van der Waals surface area contributed by atoms with Crippen molar-refractivity contribution in [3.63, 3.8) is 0 Å². The summed E-state index contributed by atoms with van der Waals surface area (Å²) in [5.74, 6) is 0.537. The average Bonchev–Trinajstić information content (AvgIpc) is 3.09. The highest BCUT2D eigenvalue weighted by Gasteiger charge is 2.21. The molecule has 0 amide bonds. The third kappa shape index (κ3) is 3.12. The summed E-state index contributed by atoms with van der Waals surface area (Å²) in [5, 5.41) is 1.66. The van der Waals surface area contributed by atoms with Gasteiger partial charge in [0, 0.05) is 31.9 Å². The minimum absolute atomic E-state index is 0.206. The van der Waals surface area contributed by atoms with Crippen LogP contribution < -0.4 is 14.5 Å². The first-order chi connectivity index (χ1) is 12.2. The van der Waals surface area contributed by atoms with E-state index in [-0.39, 0.29) is 5.82 Å². The molecule has 1 aromatic heterocycles. The maximum Gasteiger partial charge on any atom is 0.186 e. The topological polar surface area (TPSA) is 28.6 Å². The van der Waals surface area contributed by atoms with Crippen molar-refractivity contribution >= 4 is 44.0 Å². The smallest absolute Gasteiger partial charge is 0.186 e. The van der Waals surface area contributed by atoms with Gasteiger partial charge in [-0.3, -0.25) is 0 Å². The van der Waals surface area contributed by atoms with Crippen molar-refractivity contribution in [3.8, 4) is 5.75 Å². The third-order valence-electron chi connectivity index (χ3n) is 4.41. The number of hydrogen-bond donors (Lipinski definition) is 0. The Kier molecular flexibility index (Phi) is 4.39. The summed E-state index contributed by atoms with van der Waals surface area (Å²) in [6, 6.07) is 10.4. The molecule has 0 aliphatic carbocycles. The largest absolute Gasteiger partial charge is 0.494 e. The number of hydrogen-bond acceptors (Lipinski definition) is 5. The Bertz CT molecular complexity index is 891. The van der Waals surface area contributed by atoms with Crippen LogP contribution in [0.2, 0.25) is 5.02 Å². The van der Waals surface area contributed by atoms with Crippen molar-refractivity contribution in [3.05, 3.63) is 47.2 Å². The summed E-state index contributed by atoms with van der Waals surface area (Å²) >= 11 is 7.91. The highest BCUT2D eigenvalue weighted by atomic mass is 35.5. The van der Waals surface area contributed by atoms with Gasteiger partial charge in [-0.2, -0.15) is 0 Å². The fourth-order valence-electron chi connectivity index (χ4n) is 3.05. The van der Waals surface area contributed by atoms with E-state index in [0.717, 1.165) is 53.0 Å². The second-order valence-corrected chi connectivity index (χ2v) is 7.26. The van der Waals surface area contributed by atoms with Gasteiger partial charge < -0.3 is 14.5 Å². The highest BCUT2D eigenvalue weighted by Crippen LogP contribution is 2.39. The van der Waals surface area contributed by atoms with Crippen LogP contribution >= 0.6 is 22.9 Å². The molecule has 1 fully saturated rings. The molecule has 4 nitrogen and oxygen atoms in total. The number of nitrogens with zero attached hydrogens (tertiary/aromatic N) is 3. The van der Waals surface area contributed by atoms with Gasteiger partial charge in [-0.1, -0.05) is 22.9 Å². The van der Waals surface area contributed by atoms with Crippen molar-refractivity contribution < 1.29 is 9.13 Å². The number of aromatic nitrogens is 1. The van der Waals surface area contributed by atoms with Crippen LogP contribution in [-0.2, 0) is 0 Å². The fourth-order valence-corrected chi connectivity index (χ4v) is 4.36. The second-order valence-electron chi connectivity index (χ2n) is 5.87. The number of anilines is 2. The lowest BCUT2D eigenvalue weighted by atomic mass is 10.2. The minimum atomic E-state index is -0.206. The summed E-state index contributed by atoms with van der Waals surface area (Å²) in [5.41, 5.74) is 1.87. The first-order valence-electron chi connectivity index (χ1n) is 8.04. The molecule has 4 rings (SSSR count). The molecule has 2 aromatic carbocycles. The van der Waals surface area contributed by atoms with Crippen LogP contribution in [0, 0.1) is 5.82 Å². The Morgan fingerprint density at radius 3 is 2.40 bits per heavy atom. The Morgan fingerprint density at radius 2 is 1.72 bits per heavy atom. The minimum Gasteiger partial charge on any atom is -0.494 e. The normalized spacial score (nSPS) is 15.0. The van der Waals surface area contributed by atoms with E-state index in [4.69, 9.17) is 21.3 Å². The highest BCUT2D eigenvalue weighted by molar-refractivity contribution is 7.22. The molecule has 0 radical (unpaired) electrons. The Labute approximate surface area is 154 Å². The summed E-state index contributed by atoms with van der Waals surface area (Å²) in [4.78, 5) is 9.27. The first-order valence-corrected chi connectivity index (χ1v) is 9.23. The summed E-state index contributed by atoms with van der Waals surface area (Å²) in [6.45, 7) is 3.45. The van der Waals surface area contributed by atoms with Crippen LogP contribution in [-0.4, -0.2) is 38.3 Å². The fraction of sp³-hybridized carbons (Fsp3) is 0.278. The van der Waals surface area contributed by atoms with Gasteiger partial charge in [0.25, 0.3) is 0 Å². The monoisotopic (exact) mass is 377 g/mol. The van der Waals surface area contributed by atoms with E-state index < -0.39 is 0 Å². The van der Waals surface area contributed by atoms with Gasteiger partial charge in [0.15, 0.2) is 5.13 Å². The molecule has 0 bridgehead atoms. The summed E-state index contributed by atoms with van der Waals surface area (Å²) in [7, 11) is 1.64. The van der Waals surface area contributed by atoms with Gasteiger partial charge in [-0.25, -0.2) is 9.37 Å². The van der Waals surface area contributed by atoms with Crippen LogP contribution in [0.5, 0.6) is 5.75 Å². The summed E-state index contributed by atoms with van der Waals surface area (Å²) in [6.07, 6.45) is 0. The number of halogens is 2. The number of benzene rings is 2. The second kappa shape index (κ2) is 6.69. The van der Waals surface area contributed by atoms with Gasteiger partial charge in [0.2, 0.25) is 0 Å². The van der Waals surface area contributed by atoms with Gasteiger partial charge in [-0.05, 0) is 36.4 Å². The number of piperazine rings is 1. The number of methoxy groups -OCH3 is 1. The molecule has 0 saturated carbocycles. The zero-order chi connectivity index (χ0) is 17.4. The lowest BCUT2D eigenvalue weighted by Gasteiger charge is -2.35. The van der Waals surface area contributed by atoms with E-state index in [1.54, 1.807) is 18.4 Å². The zero-order valence-corrected chi connectivity index (χ0v) is 15.3. The van der Waals surface area contributed by atoms with Gasteiger partial charge in [0.1, 0.15) is 17.1 Å². The molecule has 130 valence electrons. The van der Waals surface area contributed by atoms with Crippen molar-refractivity contribution in [2.24, 2.45) is 0 Å². The quantitative estimate of drug-likeness (QED) is 0.675. The average molecular weight is 378 g/mol. The number of thiazole rings is 1. The standard InChI is InChI=1S/C18H17ClFN3OS/c1-24-15-7-6-14(19)17-16(15)21-18(25-17)23-10-8-22(9-11-23)13-4-2-12(20)3-5-13/h2-7H,8-11H2,1H3. The van der Waals surface area contributed by atoms with Crippen molar-refractivity contribution in [1.29, 1.82) is 0 Å². The van der Waals surface area contributed by atoms with Crippen LogP contribution in [0.25, 0.3) is 10.2 Å². The van der Waals surface area contributed by atoms with Crippen LogP contribution in [0.4, 0.5) is 15.2 Å². The molecule has 0 unspecified atom stereocenters. The maximum absolute atomic E-state index is 13.1. The van der Waals surface area contributed by atoms with E-state index in [1.165, 1.54) is 12.1 Å². The van der Waals surface area contributed by atoms with Gasteiger partial charge in [-0.15, -0.1) is 0 Å². The molecule has 2 heterocycles. The predicted molar refractivity (Wildman–Crippen MR) is 102 cm³/mol. The Balaban J connectivity index is 1.53. The molecular formula is C18H17ClFN3OS. The van der Waals surface area contributed by atoms with Gasteiger partial charge in [0.05, 0.1) is 16.8 Å². The third-order valence-corrected chi connectivity index (χ3v) is 5.99. The van der Waals surface area contributed by atoms with Crippen molar-refractivity contribution in [1.82, 2.24) is 4.98 Å². The van der Waals surface area contributed by atoms with E-state index in [1.807, 2.05) is 24.3 Å². The molecule has 1 saturated heterocycles. The van der Waals surface area contributed by atoms with E-state index in [0.29, 0.717) is 5.02 Å².